The molecule has 0 aromatic heterocycles. The molecule has 0 aliphatic carbocycles. The second-order valence-electron chi connectivity index (χ2n) is 5.06. The number of rotatable bonds is 6. The fourth-order valence-corrected chi connectivity index (χ4v) is 1.65. The molecule has 4 heteroatoms. The van der Waals surface area contributed by atoms with Gasteiger partial charge in [0.2, 0.25) is 0 Å². The quantitative estimate of drug-likeness (QED) is 0.858. The van der Waals surface area contributed by atoms with Gasteiger partial charge in [0.1, 0.15) is 5.75 Å². The fraction of sp³-hybridized carbons (Fsp3) is 0.533. The smallest absolute Gasteiger partial charge is 0.253 e. The van der Waals surface area contributed by atoms with Gasteiger partial charge in [-0.05, 0) is 51.5 Å². The molecule has 0 saturated heterocycles. The Balaban J connectivity index is 2.61. The summed E-state index contributed by atoms with van der Waals surface area (Å²) in [4.78, 5) is 13.7. The van der Waals surface area contributed by atoms with E-state index in [-0.39, 0.29) is 12.0 Å². The van der Waals surface area contributed by atoms with E-state index in [2.05, 4.69) is 0 Å². The highest BCUT2D eigenvalue weighted by molar-refractivity contribution is 5.94. The normalized spacial score (nSPS) is 12.3. The van der Waals surface area contributed by atoms with Crippen LogP contribution in [-0.2, 0) is 0 Å². The number of carbonyl (C=O) groups excluding carboxylic acids is 1. The molecule has 1 aromatic rings. The Kier molecular flexibility index (Phi) is 5.83. The number of amides is 1. The Morgan fingerprint density at radius 2 is 1.84 bits per heavy atom. The van der Waals surface area contributed by atoms with E-state index in [9.17, 15) is 9.90 Å². The Morgan fingerprint density at radius 3 is 2.32 bits per heavy atom. The van der Waals surface area contributed by atoms with Crippen LogP contribution in [-0.4, -0.2) is 41.7 Å². The van der Waals surface area contributed by atoms with Crippen LogP contribution in [0.15, 0.2) is 24.3 Å². The predicted molar refractivity (Wildman–Crippen MR) is 75.5 cm³/mol. The van der Waals surface area contributed by atoms with Crippen molar-refractivity contribution in [3.05, 3.63) is 29.8 Å². The maximum atomic E-state index is 12.1. The third-order valence-corrected chi connectivity index (χ3v) is 2.70. The number of hydrogen-bond acceptors (Lipinski definition) is 3. The van der Waals surface area contributed by atoms with Crippen LogP contribution in [0.4, 0.5) is 0 Å². The Labute approximate surface area is 115 Å². The van der Waals surface area contributed by atoms with Crippen molar-refractivity contribution in [2.24, 2.45) is 0 Å². The van der Waals surface area contributed by atoms with Crippen LogP contribution in [0.3, 0.4) is 0 Å². The summed E-state index contributed by atoms with van der Waals surface area (Å²) in [6, 6.07) is 7.13. The SMILES string of the molecule is CC(O)CCN(C)C(=O)c1ccc(OC(C)C)cc1. The van der Waals surface area contributed by atoms with Crippen molar-refractivity contribution < 1.29 is 14.6 Å². The van der Waals surface area contributed by atoms with Crippen LogP contribution < -0.4 is 4.74 Å². The standard InChI is InChI=1S/C15H23NO3/c1-11(2)19-14-7-5-13(6-8-14)15(18)16(4)10-9-12(3)17/h5-8,11-12,17H,9-10H2,1-4H3. The summed E-state index contributed by atoms with van der Waals surface area (Å²) in [5, 5.41) is 9.22. The average Bonchev–Trinajstić information content (AvgIpc) is 2.35. The van der Waals surface area contributed by atoms with Crippen LogP contribution in [0.2, 0.25) is 0 Å². The second-order valence-corrected chi connectivity index (χ2v) is 5.06. The lowest BCUT2D eigenvalue weighted by Gasteiger charge is -2.18. The Hall–Kier alpha value is -1.55. The molecule has 0 aliphatic rings. The summed E-state index contributed by atoms with van der Waals surface area (Å²) >= 11 is 0. The number of nitrogens with zero attached hydrogens (tertiary/aromatic N) is 1. The molecule has 1 rings (SSSR count). The fourth-order valence-electron chi connectivity index (χ4n) is 1.65. The van der Waals surface area contributed by atoms with Gasteiger partial charge in [-0.3, -0.25) is 4.79 Å². The lowest BCUT2D eigenvalue weighted by Crippen LogP contribution is -2.29. The lowest BCUT2D eigenvalue weighted by molar-refractivity contribution is 0.0769. The third-order valence-electron chi connectivity index (χ3n) is 2.70. The number of aliphatic hydroxyl groups excluding tert-OH is 1. The van der Waals surface area contributed by atoms with Gasteiger partial charge < -0.3 is 14.7 Å². The third kappa shape index (κ3) is 5.30. The minimum Gasteiger partial charge on any atom is -0.491 e. The zero-order valence-electron chi connectivity index (χ0n) is 12.1. The van der Waals surface area contributed by atoms with Crippen LogP contribution >= 0.6 is 0 Å². The summed E-state index contributed by atoms with van der Waals surface area (Å²) in [6.07, 6.45) is 0.309. The van der Waals surface area contributed by atoms with Gasteiger partial charge in [0.05, 0.1) is 12.2 Å². The number of carbonyl (C=O) groups is 1. The van der Waals surface area contributed by atoms with Crippen molar-refractivity contribution >= 4 is 5.91 Å². The van der Waals surface area contributed by atoms with E-state index >= 15 is 0 Å². The van der Waals surface area contributed by atoms with E-state index in [0.717, 1.165) is 5.75 Å². The lowest BCUT2D eigenvalue weighted by atomic mass is 10.2. The largest absolute Gasteiger partial charge is 0.491 e. The van der Waals surface area contributed by atoms with Gasteiger partial charge in [0.15, 0.2) is 0 Å². The maximum absolute atomic E-state index is 12.1. The molecule has 0 bridgehead atoms. The van der Waals surface area contributed by atoms with E-state index in [1.165, 1.54) is 0 Å². The van der Waals surface area contributed by atoms with Crippen LogP contribution in [0.25, 0.3) is 0 Å². The maximum Gasteiger partial charge on any atom is 0.253 e. The van der Waals surface area contributed by atoms with E-state index in [1.54, 1.807) is 43.1 Å². The molecule has 106 valence electrons. The van der Waals surface area contributed by atoms with Crippen molar-refractivity contribution in [3.63, 3.8) is 0 Å². The molecule has 0 saturated carbocycles. The first-order chi connectivity index (χ1) is 8.90. The van der Waals surface area contributed by atoms with Gasteiger partial charge in [0, 0.05) is 19.2 Å². The van der Waals surface area contributed by atoms with Crippen molar-refractivity contribution in [1.82, 2.24) is 4.90 Å². The topological polar surface area (TPSA) is 49.8 Å². The minimum absolute atomic E-state index is 0.0447. The monoisotopic (exact) mass is 265 g/mol. The number of ether oxygens (including phenoxy) is 1. The molecule has 1 N–H and O–H groups in total. The van der Waals surface area contributed by atoms with E-state index < -0.39 is 6.10 Å². The molecule has 4 nitrogen and oxygen atoms in total. The number of aliphatic hydroxyl groups is 1. The van der Waals surface area contributed by atoms with Crippen molar-refractivity contribution in [2.75, 3.05) is 13.6 Å². The number of benzene rings is 1. The summed E-state index contributed by atoms with van der Waals surface area (Å²) in [5.74, 6) is 0.718. The minimum atomic E-state index is -0.392. The molecule has 1 atom stereocenters. The summed E-state index contributed by atoms with van der Waals surface area (Å²) in [6.45, 7) is 6.18. The van der Waals surface area contributed by atoms with Gasteiger partial charge in [-0.1, -0.05) is 0 Å². The molecule has 0 radical (unpaired) electrons. The molecule has 1 amide bonds. The molecular formula is C15H23NO3. The molecule has 0 heterocycles. The first-order valence-electron chi connectivity index (χ1n) is 6.60. The number of hydrogen-bond donors (Lipinski definition) is 1. The highest BCUT2D eigenvalue weighted by Crippen LogP contribution is 2.15. The van der Waals surface area contributed by atoms with Crippen LogP contribution in [0.1, 0.15) is 37.6 Å². The van der Waals surface area contributed by atoms with Gasteiger partial charge in [-0.25, -0.2) is 0 Å². The highest BCUT2D eigenvalue weighted by Gasteiger charge is 2.12. The predicted octanol–water partition coefficient (Wildman–Crippen LogP) is 2.32. The zero-order valence-corrected chi connectivity index (χ0v) is 12.1. The summed E-state index contributed by atoms with van der Waals surface area (Å²) < 4.78 is 5.53. The van der Waals surface area contributed by atoms with Crippen molar-refractivity contribution in [2.45, 2.75) is 39.4 Å². The van der Waals surface area contributed by atoms with Gasteiger partial charge in [-0.2, -0.15) is 0 Å². The van der Waals surface area contributed by atoms with Crippen LogP contribution in [0.5, 0.6) is 5.75 Å². The van der Waals surface area contributed by atoms with Gasteiger partial charge >= 0.3 is 0 Å². The molecule has 0 spiro atoms. The molecule has 19 heavy (non-hydrogen) atoms. The molecule has 0 fully saturated rings. The Bertz CT molecular complexity index is 398. The van der Waals surface area contributed by atoms with E-state index in [0.29, 0.717) is 18.5 Å². The first-order valence-corrected chi connectivity index (χ1v) is 6.60. The highest BCUT2D eigenvalue weighted by atomic mass is 16.5. The zero-order chi connectivity index (χ0) is 14.4. The Morgan fingerprint density at radius 1 is 1.26 bits per heavy atom. The average molecular weight is 265 g/mol. The van der Waals surface area contributed by atoms with Crippen LogP contribution in [0, 0.1) is 0 Å². The summed E-state index contributed by atoms with van der Waals surface area (Å²) in [7, 11) is 1.74. The molecular weight excluding hydrogens is 242 g/mol. The molecule has 1 unspecified atom stereocenters. The van der Waals surface area contributed by atoms with Crippen molar-refractivity contribution in [1.29, 1.82) is 0 Å². The second kappa shape index (κ2) is 7.14. The van der Waals surface area contributed by atoms with E-state index in [4.69, 9.17) is 4.74 Å². The summed E-state index contributed by atoms with van der Waals surface area (Å²) in [5.41, 5.74) is 0.629. The molecule has 0 aliphatic heterocycles. The molecule has 1 aromatic carbocycles. The van der Waals surface area contributed by atoms with Gasteiger partial charge in [-0.15, -0.1) is 0 Å². The first kappa shape index (κ1) is 15.5. The van der Waals surface area contributed by atoms with Gasteiger partial charge in [0.25, 0.3) is 5.91 Å². The van der Waals surface area contributed by atoms with E-state index in [1.807, 2.05) is 13.8 Å². The van der Waals surface area contributed by atoms with Crippen molar-refractivity contribution in [3.8, 4) is 5.75 Å².